The Kier molecular flexibility index (Phi) is 3.79. The quantitative estimate of drug-likeness (QED) is 0.801. The molecule has 0 atom stereocenters. The lowest BCUT2D eigenvalue weighted by molar-refractivity contribution is 0.273. The first-order valence-electron chi connectivity index (χ1n) is 5.43. The van der Waals surface area contributed by atoms with Crippen LogP contribution in [0.1, 0.15) is 19.3 Å². The van der Waals surface area contributed by atoms with E-state index >= 15 is 0 Å². The van der Waals surface area contributed by atoms with Gasteiger partial charge in [-0.2, -0.15) is 0 Å². The van der Waals surface area contributed by atoms with Gasteiger partial charge in [0.2, 0.25) is 0 Å². The van der Waals surface area contributed by atoms with Gasteiger partial charge in [0.05, 0.1) is 21.4 Å². The van der Waals surface area contributed by atoms with Crippen LogP contribution >= 0.6 is 23.2 Å². The molecular weight excluding hydrogens is 245 g/mol. The highest BCUT2D eigenvalue weighted by atomic mass is 35.5. The number of nitrogen functional groups attached to an aromatic ring is 1. The van der Waals surface area contributed by atoms with E-state index in [-0.39, 0.29) is 0 Å². The summed E-state index contributed by atoms with van der Waals surface area (Å²) < 4.78 is 0. The Labute approximate surface area is 105 Å². The number of hydrogen-bond acceptors (Lipinski definition) is 3. The van der Waals surface area contributed by atoms with Crippen LogP contribution in [0.3, 0.4) is 0 Å². The lowest BCUT2D eigenvalue weighted by Crippen LogP contribution is -2.35. The number of halogens is 2. The molecule has 1 aromatic rings. The Morgan fingerprint density at radius 3 is 2.38 bits per heavy atom. The lowest BCUT2D eigenvalue weighted by atomic mass is 10.2. The van der Waals surface area contributed by atoms with Crippen molar-refractivity contribution in [1.82, 2.24) is 5.01 Å². The second-order valence-electron chi connectivity index (χ2n) is 4.01. The van der Waals surface area contributed by atoms with E-state index in [0.717, 1.165) is 18.8 Å². The van der Waals surface area contributed by atoms with Crippen molar-refractivity contribution in [3.8, 4) is 0 Å². The molecule has 1 heterocycles. The molecule has 1 aliphatic heterocycles. The van der Waals surface area contributed by atoms with Crippen molar-refractivity contribution in [1.29, 1.82) is 0 Å². The van der Waals surface area contributed by atoms with Crippen molar-refractivity contribution in [2.24, 2.45) is 0 Å². The molecule has 5 heteroatoms. The van der Waals surface area contributed by atoms with Gasteiger partial charge in [-0.25, -0.2) is 5.01 Å². The van der Waals surface area contributed by atoms with Gasteiger partial charge in [-0.3, -0.25) is 0 Å². The molecule has 1 fully saturated rings. The Hall–Kier alpha value is -0.640. The monoisotopic (exact) mass is 259 g/mol. The third-order valence-corrected chi connectivity index (χ3v) is 3.45. The minimum absolute atomic E-state index is 0.489. The molecule has 3 N–H and O–H groups in total. The molecule has 16 heavy (non-hydrogen) atoms. The van der Waals surface area contributed by atoms with Crippen molar-refractivity contribution in [2.45, 2.75) is 19.3 Å². The molecule has 3 nitrogen and oxygen atoms in total. The summed E-state index contributed by atoms with van der Waals surface area (Å²) in [5.74, 6) is 0. The zero-order valence-corrected chi connectivity index (χ0v) is 10.5. The molecule has 0 spiro atoms. The molecule has 0 unspecified atom stereocenters. The first-order chi connectivity index (χ1) is 7.66. The number of rotatable bonds is 2. The zero-order valence-electron chi connectivity index (χ0n) is 8.97. The molecule has 0 aliphatic carbocycles. The van der Waals surface area contributed by atoms with Gasteiger partial charge in [0.15, 0.2) is 0 Å². The fourth-order valence-corrected chi connectivity index (χ4v) is 2.17. The van der Waals surface area contributed by atoms with Crippen molar-refractivity contribution in [3.05, 3.63) is 22.2 Å². The fraction of sp³-hybridized carbons (Fsp3) is 0.455. The van der Waals surface area contributed by atoms with Crippen LogP contribution in [0.2, 0.25) is 10.0 Å². The molecule has 2 rings (SSSR count). The molecule has 0 aromatic heterocycles. The fourth-order valence-electron chi connectivity index (χ4n) is 1.84. The predicted molar refractivity (Wildman–Crippen MR) is 69.9 cm³/mol. The maximum Gasteiger partial charge on any atom is 0.0736 e. The average Bonchev–Trinajstić information content (AvgIpc) is 2.27. The van der Waals surface area contributed by atoms with Crippen LogP contribution in [-0.2, 0) is 0 Å². The number of hydrogen-bond donors (Lipinski definition) is 2. The largest absolute Gasteiger partial charge is 0.397 e. The third kappa shape index (κ3) is 2.73. The average molecular weight is 260 g/mol. The summed E-state index contributed by atoms with van der Waals surface area (Å²) >= 11 is 11.8. The summed E-state index contributed by atoms with van der Waals surface area (Å²) in [6, 6.07) is 3.45. The van der Waals surface area contributed by atoms with Crippen LogP contribution in [0.15, 0.2) is 12.1 Å². The molecule has 1 aromatic carbocycles. The summed E-state index contributed by atoms with van der Waals surface area (Å²) in [4.78, 5) is 0. The highest BCUT2D eigenvalue weighted by Gasteiger charge is 2.12. The van der Waals surface area contributed by atoms with Crippen molar-refractivity contribution >= 4 is 34.6 Å². The molecule has 1 saturated heterocycles. The molecule has 0 saturated carbocycles. The smallest absolute Gasteiger partial charge is 0.0736 e. The molecule has 0 radical (unpaired) electrons. The van der Waals surface area contributed by atoms with E-state index in [1.165, 1.54) is 19.3 Å². The SMILES string of the molecule is Nc1cc(Cl)c(Cl)cc1NN1CCCCC1. The molecule has 0 amide bonds. The van der Waals surface area contributed by atoms with Gasteiger partial charge < -0.3 is 11.2 Å². The number of anilines is 2. The summed E-state index contributed by atoms with van der Waals surface area (Å²) in [5.41, 5.74) is 10.6. The van der Waals surface area contributed by atoms with Gasteiger partial charge in [-0.1, -0.05) is 29.6 Å². The van der Waals surface area contributed by atoms with E-state index in [9.17, 15) is 0 Å². The minimum Gasteiger partial charge on any atom is -0.397 e. The van der Waals surface area contributed by atoms with E-state index in [0.29, 0.717) is 15.7 Å². The van der Waals surface area contributed by atoms with Crippen LogP contribution in [0.5, 0.6) is 0 Å². The maximum absolute atomic E-state index is 5.96. The maximum atomic E-state index is 5.96. The number of hydrazine groups is 1. The van der Waals surface area contributed by atoms with Gasteiger partial charge in [-0.15, -0.1) is 0 Å². The minimum atomic E-state index is 0.489. The van der Waals surface area contributed by atoms with Crippen molar-refractivity contribution < 1.29 is 0 Å². The number of nitrogens with zero attached hydrogens (tertiary/aromatic N) is 1. The van der Waals surface area contributed by atoms with Crippen molar-refractivity contribution in [3.63, 3.8) is 0 Å². The first-order valence-corrected chi connectivity index (χ1v) is 6.18. The number of nitrogens with one attached hydrogen (secondary N) is 1. The lowest BCUT2D eigenvalue weighted by Gasteiger charge is -2.28. The summed E-state index contributed by atoms with van der Waals surface area (Å²) in [5, 5.41) is 3.18. The Morgan fingerprint density at radius 2 is 1.69 bits per heavy atom. The number of piperidine rings is 1. The normalized spacial score (nSPS) is 17.4. The van der Waals surface area contributed by atoms with Crippen LogP contribution in [0.4, 0.5) is 11.4 Å². The third-order valence-electron chi connectivity index (χ3n) is 2.73. The summed E-state index contributed by atoms with van der Waals surface area (Å²) in [6.45, 7) is 2.08. The van der Waals surface area contributed by atoms with E-state index in [4.69, 9.17) is 28.9 Å². The standard InChI is InChI=1S/C11H15Cl2N3/c12-8-6-10(14)11(7-9(8)13)15-16-4-2-1-3-5-16/h6-7,15H,1-5,14H2. The van der Waals surface area contributed by atoms with Gasteiger partial charge in [-0.05, 0) is 25.0 Å². The molecule has 0 bridgehead atoms. The molecule has 1 aliphatic rings. The topological polar surface area (TPSA) is 41.3 Å². The van der Waals surface area contributed by atoms with Crippen LogP contribution in [-0.4, -0.2) is 18.1 Å². The van der Waals surface area contributed by atoms with E-state index in [1.54, 1.807) is 12.1 Å². The summed E-state index contributed by atoms with van der Waals surface area (Å²) in [7, 11) is 0. The second kappa shape index (κ2) is 5.13. The summed E-state index contributed by atoms with van der Waals surface area (Å²) in [6.07, 6.45) is 3.73. The highest BCUT2D eigenvalue weighted by molar-refractivity contribution is 6.42. The number of benzene rings is 1. The Balaban J connectivity index is 2.11. The van der Waals surface area contributed by atoms with Gasteiger partial charge in [0.25, 0.3) is 0 Å². The number of nitrogens with two attached hydrogens (primary N) is 1. The van der Waals surface area contributed by atoms with E-state index < -0.39 is 0 Å². The molecular formula is C11H15Cl2N3. The zero-order chi connectivity index (χ0) is 11.5. The van der Waals surface area contributed by atoms with Gasteiger partial charge in [0.1, 0.15) is 0 Å². The van der Waals surface area contributed by atoms with Crippen LogP contribution < -0.4 is 11.2 Å². The van der Waals surface area contributed by atoms with Crippen LogP contribution in [0.25, 0.3) is 0 Å². The molecule has 88 valence electrons. The Morgan fingerprint density at radius 1 is 1.06 bits per heavy atom. The van der Waals surface area contributed by atoms with Gasteiger partial charge >= 0.3 is 0 Å². The highest BCUT2D eigenvalue weighted by Crippen LogP contribution is 2.31. The van der Waals surface area contributed by atoms with Crippen LogP contribution in [0, 0.1) is 0 Å². The first kappa shape index (κ1) is 11.8. The van der Waals surface area contributed by atoms with E-state index in [1.807, 2.05) is 0 Å². The predicted octanol–water partition coefficient (Wildman–Crippen LogP) is 3.39. The van der Waals surface area contributed by atoms with Gasteiger partial charge in [0, 0.05) is 13.1 Å². The van der Waals surface area contributed by atoms with E-state index in [2.05, 4.69) is 10.4 Å². The van der Waals surface area contributed by atoms with Crippen molar-refractivity contribution in [2.75, 3.05) is 24.2 Å². The Bertz CT molecular complexity index is 376. The second-order valence-corrected chi connectivity index (χ2v) is 4.83.